The Labute approximate surface area is 154 Å². The normalized spacial score (nSPS) is 16.0. The Kier molecular flexibility index (Phi) is 4.89. The number of ether oxygens (including phenoxy) is 2. The smallest absolute Gasteiger partial charge is 0.127 e. The highest BCUT2D eigenvalue weighted by molar-refractivity contribution is 5.45. The third-order valence-electron chi connectivity index (χ3n) is 4.65. The van der Waals surface area contributed by atoms with Gasteiger partial charge in [0.25, 0.3) is 0 Å². The quantitative estimate of drug-likeness (QED) is 0.697. The fourth-order valence-corrected chi connectivity index (χ4v) is 3.48. The molecule has 1 aliphatic rings. The molecule has 3 heteroatoms. The van der Waals surface area contributed by atoms with Gasteiger partial charge < -0.3 is 14.8 Å². The molecule has 3 aromatic carbocycles. The molecule has 0 bridgehead atoms. The van der Waals surface area contributed by atoms with Crippen molar-refractivity contribution in [1.82, 2.24) is 5.32 Å². The minimum Gasteiger partial charge on any atom is -0.494 e. The SMILES string of the molecule is CCOc1ccc2c(c1)CCNC2c1cccc(Oc2ccccc2)c1. The molecule has 3 nitrogen and oxygen atoms in total. The number of benzene rings is 3. The largest absolute Gasteiger partial charge is 0.494 e. The first kappa shape index (κ1) is 16.7. The van der Waals surface area contributed by atoms with E-state index in [2.05, 4.69) is 41.7 Å². The molecule has 1 unspecified atom stereocenters. The molecule has 132 valence electrons. The molecule has 0 saturated carbocycles. The third-order valence-corrected chi connectivity index (χ3v) is 4.65. The van der Waals surface area contributed by atoms with Crippen LogP contribution in [0.4, 0.5) is 0 Å². The molecule has 0 spiro atoms. The molecule has 1 aliphatic heterocycles. The molecular weight excluding hydrogens is 322 g/mol. The average molecular weight is 345 g/mol. The van der Waals surface area contributed by atoms with Gasteiger partial charge in [0, 0.05) is 6.54 Å². The van der Waals surface area contributed by atoms with Crippen LogP contribution in [0, 0.1) is 0 Å². The van der Waals surface area contributed by atoms with Crippen molar-refractivity contribution >= 4 is 0 Å². The van der Waals surface area contributed by atoms with Crippen LogP contribution in [0.2, 0.25) is 0 Å². The lowest BCUT2D eigenvalue weighted by molar-refractivity contribution is 0.339. The summed E-state index contributed by atoms with van der Waals surface area (Å²) in [5, 5.41) is 3.64. The van der Waals surface area contributed by atoms with Crippen LogP contribution in [-0.4, -0.2) is 13.2 Å². The summed E-state index contributed by atoms with van der Waals surface area (Å²) in [6, 6.07) is 24.8. The Balaban J connectivity index is 1.62. The van der Waals surface area contributed by atoms with Gasteiger partial charge in [-0.2, -0.15) is 0 Å². The highest BCUT2D eigenvalue weighted by Gasteiger charge is 2.22. The van der Waals surface area contributed by atoms with Crippen LogP contribution in [0.5, 0.6) is 17.2 Å². The highest BCUT2D eigenvalue weighted by atomic mass is 16.5. The molecule has 0 aliphatic carbocycles. The molecule has 0 radical (unpaired) electrons. The summed E-state index contributed by atoms with van der Waals surface area (Å²) in [6.07, 6.45) is 1.02. The summed E-state index contributed by atoms with van der Waals surface area (Å²) in [4.78, 5) is 0. The molecule has 0 aromatic heterocycles. The summed E-state index contributed by atoms with van der Waals surface area (Å²) in [6.45, 7) is 3.67. The van der Waals surface area contributed by atoms with Gasteiger partial charge in [-0.1, -0.05) is 36.4 Å². The molecule has 26 heavy (non-hydrogen) atoms. The van der Waals surface area contributed by atoms with Crippen molar-refractivity contribution in [2.45, 2.75) is 19.4 Å². The Morgan fingerprint density at radius 2 is 1.73 bits per heavy atom. The average Bonchev–Trinajstić information content (AvgIpc) is 2.69. The van der Waals surface area contributed by atoms with Crippen LogP contribution in [0.1, 0.15) is 29.7 Å². The first-order valence-corrected chi connectivity index (χ1v) is 9.15. The van der Waals surface area contributed by atoms with E-state index in [4.69, 9.17) is 9.47 Å². The van der Waals surface area contributed by atoms with Crippen LogP contribution in [0.3, 0.4) is 0 Å². The van der Waals surface area contributed by atoms with Crippen molar-refractivity contribution in [3.63, 3.8) is 0 Å². The molecule has 0 amide bonds. The molecule has 4 rings (SSSR count). The maximum atomic E-state index is 6.00. The van der Waals surface area contributed by atoms with Gasteiger partial charge in [-0.25, -0.2) is 0 Å². The fourth-order valence-electron chi connectivity index (χ4n) is 3.48. The Morgan fingerprint density at radius 3 is 2.58 bits per heavy atom. The monoisotopic (exact) mass is 345 g/mol. The van der Waals surface area contributed by atoms with E-state index in [1.807, 2.05) is 43.3 Å². The van der Waals surface area contributed by atoms with Crippen LogP contribution >= 0.6 is 0 Å². The van der Waals surface area contributed by atoms with Crippen LogP contribution in [0.25, 0.3) is 0 Å². The topological polar surface area (TPSA) is 30.5 Å². The summed E-state index contributed by atoms with van der Waals surface area (Å²) >= 11 is 0. The molecule has 3 aromatic rings. The summed E-state index contributed by atoms with van der Waals surface area (Å²) in [5.74, 6) is 2.66. The predicted molar refractivity (Wildman–Crippen MR) is 104 cm³/mol. The van der Waals surface area contributed by atoms with Gasteiger partial charge in [-0.15, -0.1) is 0 Å². The Morgan fingerprint density at radius 1 is 0.885 bits per heavy atom. The number of fused-ring (bicyclic) bond motifs is 1. The molecular formula is C23H23NO2. The van der Waals surface area contributed by atoms with Crippen molar-refractivity contribution in [3.8, 4) is 17.2 Å². The van der Waals surface area contributed by atoms with Crippen molar-refractivity contribution in [2.75, 3.05) is 13.2 Å². The lowest BCUT2D eigenvalue weighted by atomic mass is 9.89. The lowest BCUT2D eigenvalue weighted by Crippen LogP contribution is -2.30. The zero-order chi connectivity index (χ0) is 17.8. The van der Waals surface area contributed by atoms with E-state index < -0.39 is 0 Å². The number of hydrogen-bond donors (Lipinski definition) is 1. The standard InChI is InChI=1S/C23H23NO2/c1-2-25-20-11-12-22-17(15-20)13-14-24-23(22)18-7-6-10-21(16-18)26-19-8-4-3-5-9-19/h3-12,15-16,23-24H,2,13-14H2,1H3. The van der Waals surface area contributed by atoms with Gasteiger partial charge in [0.2, 0.25) is 0 Å². The van der Waals surface area contributed by atoms with Crippen molar-refractivity contribution < 1.29 is 9.47 Å². The first-order chi connectivity index (χ1) is 12.8. The molecule has 0 fully saturated rings. The number of hydrogen-bond acceptors (Lipinski definition) is 3. The van der Waals surface area contributed by atoms with E-state index in [9.17, 15) is 0 Å². The van der Waals surface area contributed by atoms with Gasteiger partial charge >= 0.3 is 0 Å². The highest BCUT2D eigenvalue weighted by Crippen LogP contribution is 2.33. The summed E-state index contributed by atoms with van der Waals surface area (Å²) < 4.78 is 11.7. The van der Waals surface area contributed by atoms with Crippen molar-refractivity contribution in [1.29, 1.82) is 0 Å². The van der Waals surface area contributed by atoms with Crippen LogP contribution in [0.15, 0.2) is 72.8 Å². The first-order valence-electron chi connectivity index (χ1n) is 9.15. The third kappa shape index (κ3) is 3.58. The van der Waals surface area contributed by atoms with Gasteiger partial charge in [-0.05, 0) is 66.4 Å². The van der Waals surface area contributed by atoms with Crippen LogP contribution in [-0.2, 0) is 6.42 Å². The maximum absolute atomic E-state index is 6.00. The molecule has 0 saturated heterocycles. The maximum Gasteiger partial charge on any atom is 0.127 e. The number of nitrogens with one attached hydrogen (secondary N) is 1. The Bertz CT molecular complexity index is 876. The van der Waals surface area contributed by atoms with E-state index >= 15 is 0 Å². The van der Waals surface area contributed by atoms with Crippen LogP contribution < -0.4 is 14.8 Å². The zero-order valence-electron chi connectivity index (χ0n) is 14.9. The van der Waals surface area contributed by atoms with Gasteiger partial charge in [0.05, 0.1) is 12.6 Å². The van der Waals surface area contributed by atoms with Gasteiger partial charge in [-0.3, -0.25) is 0 Å². The fraction of sp³-hybridized carbons (Fsp3) is 0.217. The second-order valence-electron chi connectivity index (χ2n) is 6.42. The van der Waals surface area contributed by atoms with E-state index in [0.29, 0.717) is 6.61 Å². The molecule has 1 heterocycles. The van der Waals surface area contributed by atoms with E-state index in [1.54, 1.807) is 0 Å². The van der Waals surface area contributed by atoms with E-state index in [1.165, 1.54) is 16.7 Å². The predicted octanol–water partition coefficient (Wildman–Crippen LogP) is 5.11. The lowest BCUT2D eigenvalue weighted by Gasteiger charge is -2.28. The van der Waals surface area contributed by atoms with Crippen molar-refractivity contribution in [2.24, 2.45) is 0 Å². The van der Waals surface area contributed by atoms with E-state index in [0.717, 1.165) is 30.2 Å². The summed E-state index contributed by atoms with van der Waals surface area (Å²) in [5.41, 5.74) is 3.88. The zero-order valence-corrected chi connectivity index (χ0v) is 14.9. The second-order valence-corrected chi connectivity index (χ2v) is 6.42. The molecule has 1 atom stereocenters. The van der Waals surface area contributed by atoms with Gasteiger partial charge in [0.1, 0.15) is 17.2 Å². The number of rotatable bonds is 5. The summed E-state index contributed by atoms with van der Waals surface area (Å²) in [7, 11) is 0. The number of para-hydroxylation sites is 1. The minimum atomic E-state index is 0.175. The molecule has 1 N–H and O–H groups in total. The van der Waals surface area contributed by atoms with Crippen molar-refractivity contribution in [3.05, 3.63) is 89.5 Å². The minimum absolute atomic E-state index is 0.175. The van der Waals surface area contributed by atoms with Gasteiger partial charge in [0.15, 0.2) is 0 Å². The Hall–Kier alpha value is -2.78. The van der Waals surface area contributed by atoms with E-state index in [-0.39, 0.29) is 6.04 Å². The second kappa shape index (κ2) is 7.63.